The van der Waals surface area contributed by atoms with E-state index in [0.29, 0.717) is 0 Å². The van der Waals surface area contributed by atoms with Gasteiger partial charge in [-0.2, -0.15) is 0 Å². The first-order valence-corrected chi connectivity index (χ1v) is 8.37. The van der Waals surface area contributed by atoms with Crippen LogP contribution in [0.15, 0.2) is 0 Å². The minimum atomic E-state index is -9.88. The van der Waals surface area contributed by atoms with Crippen LogP contribution >= 0.6 is 0 Å². The Hall–Kier alpha value is -0.0961. The van der Waals surface area contributed by atoms with E-state index in [4.69, 9.17) is 12.3 Å². The molecular formula is O6Y. The van der Waals surface area contributed by atoms with Gasteiger partial charge in [0.25, 0.3) is 0 Å². The zero-order valence-electron chi connectivity index (χ0n) is 3.03. The summed E-state index contributed by atoms with van der Waals surface area (Å²) in [6.07, 6.45) is 0. The van der Waals surface area contributed by atoms with Gasteiger partial charge in [-0.15, -0.1) is 0 Å². The van der Waals surface area contributed by atoms with Gasteiger partial charge in [-0.25, -0.2) is 0 Å². The van der Waals surface area contributed by atoms with Gasteiger partial charge in [0, 0.05) is 0 Å². The molecule has 7 heavy (non-hydrogen) atoms. The van der Waals surface area contributed by atoms with Crippen LogP contribution < -0.4 is 0 Å². The second-order valence-electron chi connectivity index (χ2n) is 1.44. The normalized spacial score (nSPS) is 6.86. The van der Waals surface area contributed by atoms with E-state index < -0.39 is 22.5 Å². The van der Waals surface area contributed by atoms with E-state index in [0.717, 1.165) is 0 Å². The molecule has 0 aromatic rings. The van der Waals surface area contributed by atoms with E-state index in [1.54, 1.807) is 0 Å². The summed E-state index contributed by atoms with van der Waals surface area (Å²) in [7, 11) is 0. The Morgan fingerprint density at radius 2 is 0.571 bits per heavy atom. The Bertz CT molecular complexity index is 432. The first kappa shape index (κ1) is 6.90. The van der Waals surface area contributed by atoms with Gasteiger partial charge in [0.15, 0.2) is 0 Å². The summed E-state index contributed by atoms with van der Waals surface area (Å²) in [6, 6.07) is 0. The van der Waals surface area contributed by atoms with Crippen molar-refractivity contribution in [3.8, 4) is 0 Å². The summed E-state index contributed by atoms with van der Waals surface area (Å²) in [5.74, 6) is 0. The standard InChI is InChI=1S/6O.Y. The summed E-state index contributed by atoms with van der Waals surface area (Å²) in [5, 5.41) is 0. The molecule has 0 aliphatic carbocycles. The van der Waals surface area contributed by atoms with E-state index >= 15 is 0 Å². The third-order valence-electron chi connectivity index (χ3n) is 0. The molecule has 0 heterocycles. The molecule has 6 nitrogen and oxygen atoms in total. The van der Waals surface area contributed by atoms with E-state index in [1.807, 2.05) is 0 Å². The van der Waals surface area contributed by atoms with Crippen molar-refractivity contribution >= 4 is 0 Å². The van der Waals surface area contributed by atoms with Crippen molar-refractivity contribution in [2.45, 2.75) is 0 Å². The summed E-state index contributed by atoms with van der Waals surface area (Å²) in [4.78, 5) is 0. The van der Waals surface area contributed by atoms with Gasteiger partial charge < -0.3 is 0 Å². The molecule has 0 aliphatic rings. The van der Waals surface area contributed by atoms with Crippen molar-refractivity contribution in [1.82, 2.24) is 0 Å². The van der Waals surface area contributed by atoms with Gasteiger partial charge in [0.2, 0.25) is 0 Å². The average Bonchev–Trinajstić information content (AvgIpc) is 0.592. The average molecular weight is 185 g/mol. The number of rotatable bonds is 0. The first-order valence-electron chi connectivity index (χ1n) is 1.41. The van der Waals surface area contributed by atoms with Crippen LogP contribution in [-0.2, 0) is 34.8 Å². The Morgan fingerprint density at radius 1 is 0.571 bits per heavy atom. The van der Waals surface area contributed by atoms with Crippen LogP contribution in [0.25, 0.3) is 0 Å². The molecule has 0 amide bonds. The van der Waals surface area contributed by atoms with Gasteiger partial charge in [-0.3, -0.25) is 0 Å². The Kier molecular flexibility index (Phi) is 0.630. The minimum absolute atomic E-state index is 8.69. The third-order valence-corrected chi connectivity index (χ3v) is 0. The van der Waals surface area contributed by atoms with Crippen molar-refractivity contribution in [2.75, 3.05) is 0 Å². The molecule has 0 atom stereocenters. The molecule has 0 N–H and O–H groups in total. The SMILES string of the molecule is [O]=[Y](=[O])(=[O])(=[O])(=[O])=[O]. The van der Waals surface area contributed by atoms with Crippen molar-refractivity contribution in [2.24, 2.45) is 0 Å². The molecule has 0 radical (unpaired) electrons. The number of hydrogen-bond acceptors (Lipinski definition) is 6. The molecule has 0 unspecified atom stereocenters. The van der Waals surface area contributed by atoms with Crippen LogP contribution in [0.5, 0.6) is 0 Å². The fourth-order valence-electron chi connectivity index (χ4n) is 0. The predicted octanol–water partition coefficient (Wildman–Crippen LogP) is -0.715. The van der Waals surface area contributed by atoms with Crippen LogP contribution in [0.1, 0.15) is 0 Å². The zero-order valence-corrected chi connectivity index (χ0v) is 5.87. The quantitative estimate of drug-likeness (QED) is 0.493. The van der Waals surface area contributed by atoms with E-state index in [2.05, 4.69) is 0 Å². The fraction of sp³-hybridized carbons (Fsp3) is 0. The molecule has 0 aromatic heterocycles. The fourth-order valence-corrected chi connectivity index (χ4v) is 0. The van der Waals surface area contributed by atoms with Gasteiger partial charge in [-0.1, -0.05) is 0 Å². The topological polar surface area (TPSA) is 102 Å². The van der Waals surface area contributed by atoms with Crippen molar-refractivity contribution in [1.29, 1.82) is 0 Å². The van der Waals surface area contributed by atoms with Gasteiger partial charge >= 0.3 is 34.8 Å². The second kappa shape index (κ2) is 0.639. The van der Waals surface area contributed by atoms with Crippen molar-refractivity contribution < 1.29 is 34.8 Å². The number of hydrogen-bond donors (Lipinski definition) is 0. The van der Waals surface area contributed by atoms with Crippen LogP contribution in [0.3, 0.4) is 0 Å². The summed E-state index contributed by atoms with van der Waals surface area (Å²) >= 11 is -9.88. The Balaban J connectivity index is 8.86. The van der Waals surface area contributed by atoms with Crippen LogP contribution in [0.2, 0.25) is 0 Å². The Labute approximate surface area is 34.9 Å². The molecule has 0 aliphatic heterocycles. The van der Waals surface area contributed by atoms with Crippen LogP contribution in [-0.4, -0.2) is 0 Å². The Morgan fingerprint density at radius 3 is 0.571 bits per heavy atom. The van der Waals surface area contributed by atoms with E-state index in [-0.39, 0.29) is 0 Å². The molecule has 7 heteroatoms. The van der Waals surface area contributed by atoms with Gasteiger partial charge in [0.05, 0.1) is 0 Å². The monoisotopic (exact) mass is 185 g/mol. The first-order chi connectivity index (χ1) is 2.45. The van der Waals surface area contributed by atoms with Crippen molar-refractivity contribution in [3.63, 3.8) is 0 Å². The predicted molar refractivity (Wildman–Crippen MR) is 4.12 cm³/mol. The van der Waals surface area contributed by atoms with Crippen LogP contribution in [0, 0.1) is 0 Å². The molecule has 0 saturated carbocycles. The molecule has 0 aromatic carbocycles. The maximum absolute atomic E-state index is 9.88. The summed E-state index contributed by atoms with van der Waals surface area (Å²) < 4.78 is 52.1. The maximum atomic E-state index is 8.69. The van der Waals surface area contributed by atoms with Gasteiger partial charge in [0.1, 0.15) is 0 Å². The van der Waals surface area contributed by atoms with E-state index in [9.17, 15) is 0 Å². The van der Waals surface area contributed by atoms with E-state index in [1.165, 1.54) is 0 Å². The molecule has 0 rings (SSSR count). The zero-order chi connectivity index (χ0) is 6.41. The summed E-state index contributed by atoms with van der Waals surface area (Å²) in [5.41, 5.74) is 0. The summed E-state index contributed by atoms with van der Waals surface area (Å²) in [6.45, 7) is 0. The molecule has 39 valence electrons. The second-order valence-corrected chi connectivity index (χ2v) is 8.54. The van der Waals surface area contributed by atoms with Crippen LogP contribution in [0.4, 0.5) is 0 Å². The molecular weight excluding hydrogens is 185 g/mol. The molecule has 0 fully saturated rings. The molecule has 0 spiro atoms. The van der Waals surface area contributed by atoms with Gasteiger partial charge in [-0.05, 0) is 0 Å². The third kappa shape index (κ3) is 9740. The molecule has 0 saturated heterocycles. The molecule has 0 bridgehead atoms. The van der Waals surface area contributed by atoms with Crippen molar-refractivity contribution in [3.05, 3.63) is 0 Å².